The van der Waals surface area contributed by atoms with Gasteiger partial charge in [-0.2, -0.15) is 0 Å². The molecule has 90 valence electrons. The highest BCUT2D eigenvalue weighted by molar-refractivity contribution is 5.89. The molecule has 0 aliphatic heterocycles. The molecular weight excluding hydrogens is 208 g/mol. The molecule has 0 fully saturated rings. The van der Waals surface area contributed by atoms with E-state index >= 15 is 0 Å². The van der Waals surface area contributed by atoms with E-state index in [0.717, 1.165) is 5.56 Å². The third kappa shape index (κ3) is 7.52. The number of rotatable bonds is 1. The molecule has 5 heteroatoms. The number of hydrogen-bond donors (Lipinski definition) is 2. The van der Waals surface area contributed by atoms with Crippen LogP contribution in [0.1, 0.15) is 15.9 Å². The molecule has 0 saturated heterocycles. The Morgan fingerprint density at radius 2 is 1.75 bits per heavy atom. The number of esters is 1. The summed E-state index contributed by atoms with van der Waals surface area (Å²) in [6.07, 6.45) is 0. The number of oxime groups is 1. The third-order valence-corrected chi connectivity index (χ3v) is 1.47. The molecule has 1 rings (SSSR count). The van der Waals surface area contributed by atoms with E-state index in [4.69, 9.17) is 5.21 Å². The van der Waals surface area contributed by atoms with E-state index < -0.39 is 0 Å². The Bertz CT molecular complexity index is 297. The number of aryl methyl sites for hydroxylation is 1. The fourth-order valence-electron chi connectivity index (χ4n) is 0.807. The Labute approximate surface area is 95.5 Å². The fourth-order valence-corrected chi connectivity index (χ4v) is 0.807. The molecule has 1 aromatic carbocycles. The standard InChI is InChI=1S/C9H10O2.CH3NO.CH5N/c1-7-3-5-8(6-4-7)9(10)11-2;1-2-3;1-2/h3-6H,1-2H3;3H,1H2;2H2,1H3. The van der Waals surface area contributed by atoms with Crippen LogP contribution in [-0.2, 0) is 4.74 Å². The van der Waals surface area contributed by atoms with E-state index in [9.17, 15) is 4.79 Å². The van der Waals surface area contributed by atoms with Gasteiger partial charge < -0.3 is 15.7 Å². The number of nitrogens with two attached hydrogens (primary N) is 1. The summed E-state index contributed by atoms with van der Waals surface area (Å²) in [6.45, 7) is 4.64. The SMILES string of the molecule is C=NO.CN.COC(=O)c1ccc(C)cc1. The van der Waals surface area contributed by atoms with Crippen LogP contribution < -0.4 is 5.73 Å². The summed E-state index contributed by atoms with van der Waals surface area (Å²) in [6, 6.07) is 7.26. The highest BCUT2D eigenvalue weighted by Crippen LogP contribution is 2.03. The van der Waals surface area contributed by atoms with Crippen molar-refractivity contribution in [2.75, 3.05) is 14.2 Å². The van der Waals surface area contributed by atoms with Gasteiger partial charge in [0.2, 0.25) is 0 Å². The molecule has 0 saturated carbocycles. The molecule has 16 heavy (non-hydrogen) atoms. The molecule has 0 radical (unpaired) electrons. The normalized spacial score (nSPS) is 7.50. The van der Waals surface area contributed by atoms with Crippen molar-refractivity contribution in [1.29, 1.82) is 0 Å². The van der Waals surface area contributed by atoms with E-state index in [1.807, 2.05) is 19.1 Å². The lowest BCUT2D eigenvalue weighted by Crippen LogP contribution is -2.00. The summed E-state index contributed by atoms with van der Waals surface area (Å²) in [7, 11) is 2.88. The van der Waals surface area contributed by atoms with Crippen molar-refractivity contribution >= 4 is 12.7 Å². The van der Waals surface area contributed by atoms with Gasteiger partial charge in [0.05, 0.1) is 12.7 Å². The van der Waals surface area contributed by atoms with Crippen LogP contribution in [0.4, 0.5) is 0 Å². The largest absolute Gasteiger partial charge is 0.465 e. The van der Waals surface area contributed by atoms with Crippen LogP contribution in [0.25, 0.3) is 0 Å². The number of hydrogen-bond acceptors (Lipinski definition) is 5. The van der Waals surface area contributed by atoms with Crippen LogP contribution in [-0.4, -0.2) is 32.1 Å². The van der Waals surface area contributed by atoms with Crippen molar-refractivity contribution in [3.63, 3.8) is 0 Å². The minimum absolute atomic E-state index is 0.287. The number of nitrogens with zero attached hydrogens (tertiary/aromatic N) is 1. The molecule has 0 aromatic heterocycles. The maximum Gasteiger partial charge on any atom is 0.337 e. The summed E-state index contributed by atoms with van der Waals surface area (Å²) in [5, 5.41) is 9.33. The third-order valence-electron chi connectivity index (χ3n) is 1.47. The molecule has 3 N–H and O–H groups in total. The number of benzene rings is 1. The number of carbonyl (C=O) groups is 1. The first-order valence-electron chi connectivity index (χ1n) is 4.48. The van der Waals surface area contributed by atoms with E-state index in [2.05, 4.69) is 22.3 Å². The van der Waals surface area contributed by atoms with Crippen molar-refractivity contribution in [3.8, 4) is 0 Å². The topological polar surface area (TPSA) is 84.9 Å². The maximum absolute atomic E-state index is 10.9. The first-order chi connectivity index (χ1) is 7.65. The zero-order chi connectivity index (χ0) is 13.0. The predicted octanol–water partition coefficient (Wildman–Crippen LogP) is 1.43. The highest BCUT2D eigenvalue weighted by atomic mass is 16.5. The molecular formula is C11H18N2O3. The van der Waals surface area contributed by atoms with Gasteiger partial charge in [-0.3, -0.25) is 0 Å². The smallest absolute Gasteiger partial charge is 0.337 e. The number of methoxy groups -OCH3 is 1. The van der Waals surface area contributed by atoms with Crippen LogP contribution in [0.3, 0.4) is 0 Å². The quantitative estimate of drug-likeness (QED) is 0.328. The van der Waals surface area contributed by atoms with Crippen LogP contribution in [0, 0.1) is 6.92 Å². The zero-order valence-electron chi connectivity index (χ0n) is 9.80. The van der Waals surface area contributed by atoms with Gasteiger partial charge in [0.25, 0.3) is 0 Å². The number of carbonyl (C=O) groups excluding carboxylic acids is 1. The molecule has 5 nitrogen and oxygen atoms in total. The second-order valence-corrected chi connectivity index (χ2v) is 2.50. The average Bonchev–Trinajstić information content (AvgIpc) is 2.33. The first-order valence-corrected chi connectivity index (χ1v) is 4.48. The van der Waals surface area contributed by atoms with Gasteiger partial charge in [0.1, 0.15) is 0 Å². The van der Waals surface area contributed by atoms with Crippen LogP contribution in [0.15, 0.2) is 29.4 Å². The Kier molecular flexibility index (Phi) is 11.6. The van der Waals surface area contributed by atoms with E-state index in [-0.39, 0.29) is 5.97 Å². The minimum Gasteiger partial charge on any atom is -0.465 e. The second kappa shape index (κ2) is 11.2. The average molecular weight is 226 g/mol. The van der Waals surface area contributed by atoms with Gasteiger partial charge in [0, 0.05) is 6.72 Å². The maximum atomic E-state index is 10.9. The summed E-state index contributed by atoms with van der Waals surface area (Å²) >= 11 is 0. The summed E-state index contributed by atoms with van der Waals surface area (Å²) in [5.74, 6) is -0.287. The Hall–Kier alpha value is -1.88. The molecule has 0 heterocycles. The van der Waals surface area contributed by atoms with Gasteiger partial charge in [-0.15, -0.1) is 5.16 Å². The zero-order valence-corrected chi connectivity index (χ0v) is 9.80. The Morgan fingerprint density at radius 3 is 2.06 bits per heavy atom. The monoisotopic (exact) mass is 226 g/mol. The van der Waals surface area contributed by atoms with Crippen molar-refractivity contribution in [2.24, 2.45) is 10.9 Å². The number of ether oxygens (including phenoxy) is 1. The van der Waals surface area contributed by atoms with Crippen molar-refractivity contribution < 1.29 is 14.7 Å². The lowest BCUT2D eigenvalue weighted by molar-refractivity contribution is 0.0600. The van der Waals surface area contributed by atoms with Crippen LogP contribution >= 0.6 is 0 Å². The fraction of sp³-hybridized carbons (Fsp3) is 0.273. The van der Waals surface area contributed by atoms with E-state index in [1.54, 1.807) is 12.1 Å². The van der Waals surface area contributed by atoms with E-state index in [0.29, 0.717) is 5.56 Å². The van der Waals surface area contributed by atoms with Gasteiger partial charge in [0.15, 0.2) is 0 Å². The lowest BCUT2D eigenvalue weighted by atomic mass is 10.2. The van der Waals surface area contributed by atoms with Crippen LogP contribution in [0.2, 0.25) is 0 Å². The van der Waals surface area contributed by atoms with Crippen LogP contribution in [0.5, 0.6) is 0 Å². The van der Waals surface area contributed by atoms with Gasteiger partial charge >= 0.3 is 5.97 Å². The van der Waals surface area contributed by atoms with Crippen molar-refractivity contribution in [2.45, 2.75) is 6.92 Å². The van der Waals surface area contributed by atoms with Crippen molar-refractivity contribution in [3.05, 3.63) is 35.4 Å². The molecule has 1 aromatic rings. The van der Waals surface area contributed by atoms with Crippen molar-refractivity contribution in [1.82, 2.24) is 0 Å². The molecule has 0 atom stereocenters. The lowest BCUT2D eigenvalue weighted by Gasteiger charge is -1.97. The Morgan fingerprint density at radius 1 is 1.38 bits per heavy atom. The molecule has 0 aliphatic rings. The van der Waals surface area contributed by atoms with E-state index in [1.165, 1.54) is 14.2 Å². The molecule has 0 amide bonds. The van der Waals surface area contributed by atoms with Gasteiger partial charge in [-0.25, -0.2) is 4.79 Å². The predicted molar refractivity (Wildman–Crippen MR) is 64.0 cm³/mol. The second-order valence-electron chi connectivity index (χ2n) is 2.50. The van der Waals surface area contributed by atoms with Gasteiger partial charge in [-0.1, -0.05) is 17.7 Å². The first kappa shape index (κ1) is 16.5. The molecule has 0 bridgehead atoms. The summed E-state index contributed by atoms with van der Waals surface area (Å²) in [4.78, 5) is 10.9. The molecule has 0 aliphatic carbocycles. The molecule has 0 unspecified atom stereocenters. The highest BCUT2D eigenvalue weighted by Gasteiger charge is 2.01. The summed E-state index contributed by atoms with van der Waals surface area (Å²) < 4.78 is 4.54. The van der Waals surface area contributed by atoms with Gasteiger partial charge in [-0.05, 0) is 26.1 Å². The minimum atomic E-state index is -0.287. The molecule has 0 spiro atoms. The summed E-state index contributed by atoms with van der Waals surface area (Å²) in [5.41, 5.74) is 6.23. The Balaban J connectivity index is 0.